The maximum atomic E-state index is 12.0. The molecule has 0 bridgehead atoms. The summed E-state index contributed by atoms with van der Waals surface area (Å²) < 4.78 is 4.60. The van der Waals surface area contributed by atoms with Crippen molar-refractivity contribution in [1.82, 2.24) is 5.32 Å². The summed E-state index contributed by atoms with van der Waals surface area (Å²) in [6, 6.07) is 8.08. The van der Waals surface area contributed by atoms with Crippen LogP contribution in [0.25, 0.3) is 0 Å². The normalized spacial score (nSPS) is 11.7. The number of benzene rings is 1. The van der Waals surface area contributed by atoms with Crippen LogP contribution in [-0.2, 0) is 4.74 Å². The zero-order chi connectivity index (χ0) is 15.9. The molecule has 2 rings (SSSR count). The molecule has 0 aliphatic carbocycles. The van der Waals surface area contributed by atoms with Gasteiger partial charge < -0.3 is 15.2 Å². The number of ether oxygens (including phenoxy) is 1. The van der Waals surface area contributed by atoms with Gasteiger partial charge in [-0.25, -0.2) is 4.79 Å². The molecule has 5 nitrogen and oxygen atoms in total. The Labute approximate surface area is 132 Å². The number of rotatable bonds is 6. The molecule has 1 aromatic carbocycles. The first-order chi connectivity index (χ1) is 10.6. The van der Waals surface area contributed by atoms with E-state index in [1.165, 1.54) is 18.4 Å². The number of thiophene rings is 1. The van der Waals surface area contributed by atoms with Gasteiger partial charge in [0.2, 0.25) is 0 Å². The first-order valence-corrected chi connectivity index (χ1v) is 7.73. The molecule has 1 aromatic heterocycles. The molecule has 116 valence electrons. The lowest BCUT2D eigenvalue weighted by molar-refractivity contribution is 0.0600. The maximum absolute atomic E-state index is 12.0. The second-order valence-electron chi connectivity index (χ2n) is 4.69. The van der Waals surface area contributed by atoms with Crippen LogP contribution in [0.3, 0.4) is 0 Å². The Bertz CT molecular complexity index is 622. The van der Waals surface area contributed by atoms with E-state index in [-0.39, 0.29) is 5.91 Å². The molecule has 0 fully saturated rings. The first-order valence-electron chi connectivity index (χ1n) is 6.78. The minimum absolute atomic E-state index is 0.242. The lowest BCUT2D eigenvalue weighted by atomic mass is 10.1. The number of hydrogen-bond acceptors (Lipinski definition) is 5. The quantitative estimate of drug-likeness (QED) is 0.802. The Kier molecular flexibility index (Phi) is 5.68. The van der Waals surface area contributed by atoms with E-state index >= 15 is 0 Å². The Hall–Kier alpha value is -2.18. The lowest BCUT2D eigenvalue weighted by Gasteiger charge is -2.10. The van der Waals surface area contributed by atoms with E-state index in [2.05, 4.69) is 10.1 Å². The third kappa shape index (κ3) is 4.16. The van der Waals surface area contributed by atoms with Crippen molar-refractivity contribution in [2.75, 3.05) is 13.7 Å². The number of carbonyl (C=O) groups is 2. The topological polar surface area (TPSA) is 75.6 Å². The molecular weight excluding hydrogens is 302 g/mol. The fraction of sp³-hybridized carbons (Fsp3) is 0.250. The van der Waals surface area contributed by atoms with Gasteiger partial charge in [-0.1, -0.05) is 0 Å². The highest BCUT2D eigenvalue weighted by Gasteiger charge is 2.11. The van der Waals surface area contributed by atoms with Crippen LogP contribution >= 0.6 is 11.3 Å². The summed E-state index contributed by atoms with van der Waals surface area (Å²) in [5, 5.41) is 16.5. The SMILES string of the molecule is COC(=O)c1ccc(C(=O)NCCC(O)c2ccsc2)cc1. The number of amides is 1. The fourth-order valence-corrected chi connectivity index (χ4v) is 2.64. The Balaban J connectivity index is 1.83. The molecule has 0 aliphatic heterocycles. The zero-order valence-corrected chi connectivity index (χ0v) is 12.9. The van der Waals surface area contributed by atoms with Crippen molar-refractivity contribution in [2.45, 2.75) is 12.5 Å². The summed E-state index contributed by atoms with van der Waals surface area (Å²) in [4.78, 5) is 23.3. The van der Waals surface area contributed by atoms with E-state index in [0.29, 0.717) is 24.1 Å². The molecule has 6 heteroatoms. The number of esters is 1. The number of carbonyl (C=O) groups excluding carboxylic acids is 2. The van der Waals surface area contributed by atoms with Gasteiger partial charge >= 0.3 is 5.97 Å². The van der Waals surface area contributed by atoms with Crippen molar-refractivity contribution in [3.8, 4) is 0 Å². The van der Waals surface area contributed by atoms with Crippen LogP contribution in [0, 0.1) is 0 Å². The summed E-state index contributed by atoms with van der Waals surface area (Å²) >= 11 is 1.52. The maximum Gasteiger partial charge on any atom is 0.337 e. The van der Waals surface area contributed by atoms with Gasteiger partial charge in [0.1, 0.15) is 0 Å². The highest BCUT2D eigenvalue weighted by atomic mass is 32.1. The van der Waals surface area contributed by atoms with Crippen molar-refractivity contribution in [3.63, 3.8) is 0 Å². The van der Waals surface area contributed by atoms with Crippen LogP contribution in [0.5, 0.6) is 0 Å². The molecule has 0 saturated heterocycles. The smallest absolute Gasteiger partial charge is 0.337 e. The van der Waals surface area contributed by atoms with Gasteiger partial charge in [-0.05, 0) is 53.1 Å². The molecule has 22 heavy (non-hydrogen) atoms. The van der Waals surface area contributed by atoms with Crippen LogP contribution in [0.1, 0.15) is 38.8 Å². The monoisotopic (exact) mass is 319 g/mol. The highest BCUT2D eigenvalue weighted by Crippen LogP contribution is 2.18. The largest absolute Gasteiger partial charge is 0.465 e. The Morgan fingerprint density at radius 2 is 1.91 bits per heavy atom. The predicted octanol–water partition coefficient (Wildman–Crippen LogP) is 2.39. The summed E-state index contributed by atoms with van der Waals surface area (Å²) in [6.45, 7) is 0.370. The Morgan fingerprint density at radius 3 is 2.50 bits per heavy atom. The number of aliphatic hydroxyl groups excluding tert-OH is 1. The van der Waals surface area contributed by atoms with Gasteiger partial charge in [-0.3, -0.25) is 4.79 Å². The summed E-state index contributed by atoms with van der Waals surface area (Å²) in [5.74, 6) is -0.681. The average Bonchev–Trinajstić information content (AvgIpc) is 3.08. The van der Waals surface area contributed by atoms with E-state index < -0.39 is 12.1 Å². The van der Waals surface area contributed by atoms with Gasteiger partial charge in [0, 0.05) is 12.1 Å². The number of aliphatic hydroxyl groups is 1. The molecule has 1 unspecified atom stereocenters. The van der Waals surface area contributed by atoms with E-state index in [1.54, 1.807) is 24.3 Å². The van der Waals surface area contributed by atoms with Crippen LogP contribution in [0.4, 0.5) is 0 Å². The molecule has 0 aliphatic rings. The minimum atomic E-state index is -0.576. The minimum Gasteiger partial charge on any atom is -0.465 e. The summed E-state index contributed by atoms with van der Waals surface area (Å²) in [5.41, 5.74) is 1.71. The highest BCUT2D eigenvalue weighted by molar-refractivity contribution is 7.07. The van der Waals surface area contributed by atoms with Crippen LogP contribution in [-0.4, -0.2) is 30.6 Å². The van der Waals surface area contributed by atoms with E-state index in [4.69, 9.17) is 0 Å². The van der Waals surface area contributed by atoms with Crippen LogP contribution < -0.4 is 5.32 Å². The van der Waals surface area contributed by atoms with E-state index in [1.807, 2.05) is 16.8 Å². The third-order valence-corrected chi connectivity index (χ3v) is 3.90. The van der Waals surface area contributed by atoms with Crippen molar-refractivity contribution in [1.29, 1.82) is 0 Å². The van der Waals surface area contributed by atoms with E-state index in [9.17, 15) is 14.7 Å². The lowest BCUT2D eigenvalue weighted by Crippen LogP contribution is -2.25. The molecule has 0 radical (unpaired) electrons. The van der Waals surface area contributed by atoms with Crippen molar-refractivity contribution in [2.24, 2.45) is 0 Å². The van der Waals surface area contributed by atoms with Gasteiger partial charge in [-0.15, -0.1) is 0 Å². The number of methoxy groups -OCH3 is 1. The molecule has 1 atom stereocenters. The van der Waals surface area contributed by atoms with Gasteiger partial charge in [0.15, 0.2) is 0 Å². The predicted molar refractivity (Wildman–Crippen MR) is 84.0 cm³/mol. The number of nitrogens with one attached hydrogen (secondary N) is 1. The molecule has 1 heterocycles. The van der Waals surface area contributed by atoms with Gasteiger partial charge in [-0.2, -0.15) is 11.3 Å². The zero-order valence-electron chi connectivity index (χ0n) is 12.1. The first kappa shape index (κ1) is 16.2. The molecule has 0 spiro atoms. The molecule has 1 amide bonds. The van der Waals surface area contributed by atoms with Gasteiger partial charge in [0.25, 0.3) is 5.91 Å². The van der Waals surface area contributed by atoms with Crippen molar-refractivity contribution < 1.29 is 19.4 Å². The van der Waals surface area contributed by atoms with E-state index in [0.717, 1.165) is 5.56 Å². The standard InChI is InChI=1S/C16H17NO4S/c1-21-16(20)12-4-2-11(3-5-12)15(19)17-8-6-14(18)13-7-9-22-10-13/h2-5,7,9-10,14,18H,6,8H2,1H3,(H,17,19). The van der Waals surface area contributed by atoms with Crippen LogP contribution in [0.15, 0.2) is 41.1 Å². The second kappa shape index (κ2) is 7.72. The molecule has 2 N–H and O–H groups in total. The average molecular weight is 319 g/mol. The summed E-state index contributed by atoms with van der Waals surface area (Å²) in [7, 11) is 1.31. The molecule has 0 saturated carbocycles. The Morgan fingerprint density at radius 1 is 1.23 bits per heavy atom. The fourth-order valence-electron chi connectivity index (χ4n) is 1.93. The van der Waals surface area contributed by atoms with Crippen molar-refractivity contribution >= 4 is 23.2 Å². The number of hydrogen-bond donors (Lipinski definition) is 2. The van der Waals surface area contributed by atoms with Crippen LogP contribution in [0.2, 0.25) is 0 Å². The van der Waals surface area contributed by atoms with Crippen molar-refractivity contribution in [3.05, 3.63) is 57.8 Å². The molecular formula is C16H17NO4S. The third-order valence-electron chi connectivity index (χ3n) is 3.20. The van der Waals surface area contributed by atoms with Gasteiger partial charge in [0.05, 0.1) is 18.8 Å². The molecule has 2 aromatic rings. The second-order valence-corrected chi connectivity index (χ2v) is 5.47. The summed E-state index contributed by atoms with van der Waals surface area (Å²) in [6.07, 6.45) is -0.129.